The molecule has 16 heteroatoms. The van der Waals surface area contributed by atoms with Crippen LogP contribution in [0.4, 0.5) is 23.3 Å². The normalized spacial score (nSPS) is 11.3. The molecule has 8 aromatic rings. The lowest BCUT2D eigenvalue weighted by Crippen LogP contribution is -2.02. The molecular weight excluding hydrogens is 743 g/mol. The molecule has 0 unspecified atom stereocenters. The fourth-order valence-corrected chi connectivity index (χ4v) is 6.13. The Hall–Kier alpha value is -7.07. The van der Waals surface area contributed by atoms with Gasteiger partial charge in [0, 0.05) is 25.2 Å². The van der Waals surface area contributed by atoms with E-state index in [0.29, 0.717) is 48.1 Å². The van der Waals surface area contributed by atoms with Crippen LogP contribution in [-0.2, 0) is 17.6 Å². The number of ketones is 1. The summed E-state index contributed by atoms with van der Waals surface area (Å²) in [5, 5.41) is 22.9. The molecule has 0 bridgehead atoms. The van der Waals surface area contributed by atoms with Crippen LogP contribution in [0.2, 0.25) is 0 Å². The van der Waals surface area contributed by atoms with E-state index >= 15 is 0 Å². The van der Waals surface area contributed by atoms with Crippen LogP contribution >= 0.6 is 0 Å². The van der Waals surface area contributed by atoms with Gasteiger partial charge in [-0.3, -0.25) is 9.97 Å². The van der Waals surface area contributed by atoms with Gasteiger partial charge in [-0.15, -0.1) is 10.2 Å². The number of nitrogens with one attached hydrogen (secondary N) is 2. The van der Waals surface area contributed by atoms with Crippen LogP contribution in [0.25, 0.3) is 33.4 Å². The van der Waals surface area contributed by atoms with Gasteiger partial charge in [-0.2, -0.15) is 10.2 Å². The highest BCUT2D eigenvalue weighted by Gasteiger charge is 2.10. The molecule has 0 aromatic carbocycles. The van der Waals surface area contributed by atoms with Gasteiger partial charge in [0.25, 0.3) is 0 Å². The van der Waals surface area contributed by atoms with Crippen molar-refractivity contribution in [3.05, 3.63) is 121 Å². The molecule has 0 aliphatic carbocycles. The molecule has 0 amide bonds. The van der Waals surface area contributed by atoms with Crippen LogP contribution in [0.5, 0.6) is 0 Å². The van der Waals surface area contributed by atoms with Crippen LogP contribution in [0.3, 0.4) is 0 Å². The summed E-state index contributed by atoms with van der Waals surface area (Å²) in [7, 11) is 0. The van der Waals surface area contributed by atoms with Gasteiger partial charge in [-0.25, -0.2) is 19.9 Å². The molecule has 0 saturated carbocycles. The number of carbonyl (C=O) groups is 1. The van der Waals surface area contributed by atoms with Crippen molar-refractivity contribution in [3.63, 3.8) is 0 Å². The number of hydrogen-bond acceptors (Lipinski definition) is 14. The summed E-state index contributed by atoms with van der Waals surface area (Å²) in [4.78, 5) is 38.3. The third kappa shape index (κ3) is 10.5. The second-order valence-corrected chi connectivity index (χ2v) is 14.8. The van der Waals surface area contributed by atoms with Crippen molar-refractivity contribution in [1.29, 1.82) is 0 Å². The van der Waals surface area contributed by atoms with Crippen LogP contribution in [-0.4, -0.2) is 71.8 Å². The summed E-state index contributed by atoms with van der Waals surface area (Å²) >= 11 is 0. The summed E-state index contributed by atoms with van der Waals surface area (Å²) in [6.45, 7) is 10.7. The molecule has 59 heavy (non-hydrogen) atoms. The number of nitrogens with two attached hydrogens (primary N) is 1. The Kier molecular flexibility index (Phi) is 12.6. The van der Waals surface area contributed by atoms with Crippen molar-refractivity contribution >= 4 is 51.1 Å². The maximum absolute atomic E-state index is 11.1. The lowest BCUT2D eigenvalue weighted by molar-refractivity contribution is -0.117. The van der Waals surface area contributed by atoms with Crippen molar-refractivity contribution in [2.45, 2.75) is 72.1 Å². The van der Waals surface area contributed by atoms with E-state index in [1.807, 2.05) is 76.3 Å². The molecule has 8 heterocycles. The fourth-order valence-electron chi connectivity index (χ4n) is 6.13. The summed E-state index contributed by atoms with van der Waals surface area (Å²) < 4.78 is 3.85. The van der Waals surface area contributed by atoms with Gasteiger partial charge in [0.05, 0.1) is 82.3 Å². The molecule has 0 radical (unpaired) electrons. The number of hydrogen-bond donors (Lipinski definition) is 3. The highest BCUT2D eigenvalue weighted by Crippen LogP contribution is 2.23. The number of imidazole rings is 2. The predicted molar refractivity (Wildman–Crippen MR) is 229 cm³/mol. The van der Waals surface area contributed by atoms with E-state index in [0.717, 1.165) is 75.2 Å². The number of pyridine rings is 4. The van der Waals surface area contributed by atoms with Crippen molar-refractivity contribution < 1.29 is 4.79 Å². The fraction of sp³-hybridized carbons (Fsp3) is 0.279. The van der Waals surface area contributed by atoms with Crippen molar-refractivity contribution in [2.75, 3.05) is 17.2 Å². The molecule has 4 N–H and O–H groups in total. The third-order valence-corrected chi connectivity index (χ3v) is 9.47. The standard InChI is InChI=1S/C23H25N7O.C20H22N8/c1-15(2)17-9-23(29-26-11-17)28-22-8-7-20-21(27-22)10-19(12-24-20)30-13-18(25-14-30)6-4-5-16(3)31;1-13(2)14-7-20(27-24-9-14)26-19-4-3-17-18(25-19)8-16(10-22-17)28-11-15(5-6-21)23-12-28/h7-15H,4-6H2,1-3H3,(H,27,28,29);3-4,7-13H,5-6,21H2,1-2H3,(H,25,26,27). The first-order valence-corrected chi connectivity index (χ1v) is 19.6. The molecule has 0 fully saturated rings. The van der Waals surface area contributed by atoms with Gasteiger partial charge in [0.1, 0.15) is 17.4 Å². The number of Topliss-reactive ketones (excluding diaryl/α,β-unsaturated/α-hetero) is 1. The number of aryl methyl sites for hydroxylation is 1. The average Bonchev–Trinajstić information content (AvgIpc) is 3.91. The Morgan fingerprint density at radius 1 is 0.627 bits per heavy atom. The van der Waals surface area contributed by atoms with Crippen LogP contribution in [0.1, 0.15) is 81.8 Å². The minimum atomic E-state index is 0.204. The molecule has 8 aromatic heterocycles. The number of aromatic nitrogens is 12. The number of anilines is 4. The van der Waals surface area contributed by atoms with E-state index in [9.17, 15) is 4.79 Å². The number of carbonyl (C=O) groups excluding carboxylic acids is 1. The third-order valence-electron chi connectivity index (χ3n) is 9.47. The molecule has 8 rings (SSSR count). The molecule has 0 aliphatic rings. The van der Waals surface area contributed by atoms with Crippen LogP contribution in [0, 0.1) is 0 Å². The lowest BCUT2D eigenvalue weighted by Gasteiger charge is -2.09. The van der Waals surface area contributed by atoms with E-state index in [4.69, 9.17) is 10.7 Å². The highest BCUT2D eigenvalue weighted by atomic mass is 16.1. The maximum atomic E-state index is 11.1. The Labute approximate surface area is 341 Å². The first-order chi connectivity index (χ1) is 28.6. The molecule has 300 valence electrons. The Morgan fingerprint density at radius 3 is 1.58 bits per heavy atom. The lowest BCUT2D eigenvalue weighted by atomic mass is 10.1. The summed E-state index contributed by atoms with van der Waals surface area (Å²) in [6, 6.07) is 15.6. The smallest absolute Gasteiger partial charge is 0.154 e. The first-order valence-electron chi connectivity index (χ1n) is 19.6. The molecule has 0 spiro atoms. The summed E-state index contributed by atoms with van der Waals surface area (Å²) in [6.07, 6.45) is 17.5. The minimum absolute atomic E-state index is 0.204. The highest BCUT2D eigenvalue weighted by molar-refractivity contribution is 5.79. The van der Waals surface area contributed by atoms with E-state index in [2.05, 4.69) is 83.6 Å². The van der Waals surface area contributed by atoms with Crippen LogP contribution < -0.4 is 16.4 Å². The quantitative estimate of drug-likeness (QED) is 0.0985. The predicted octanol–water partition coefficient (Wildman–Crippen LogP) is 7.36. The number of fused-ring (bicyclic) bond motifs is 2. The van der Waals surface area contributed by atoms with E-state index in [1.54, 1.807) is 38.2 Å². The second-order valence-electron chi connectivity index (χ2n) is 14.8. The zero-order valence-corrected chi connectivity index (χ0v) is 33.8. The van der Waals surface area contributed by atoms with Crippen LogP contribution in [0.15, 0.2) is 98.4 Å². The SMILES string of the molecule is CC(=O)CCCc1cn(-c2cnc3ccc(Nc4cc(C(C)C)cnn4)nc3c2)cn1.CC(C)c1cnnc(Nc2ccc3ncc(-n4cnc(CCN)c4)cc3n2)c1. The zero-order valence-electron chi connectivity index (χ0n) is 33.8. The Balaban J connectivity index is 0.000000180. The van der Waals surface area contributed by atoms with E-state index < -0.39 is 0 Å². The Bertz CT molecular complexity index is 2690. The topological polar surface area (TPSA) is 206 Å². The Morgan fingerprint density at radius 2 is 1.12 bits per heavy atom. The number of rotatable bonds is 14. The van der Waals surface area contributed by atoms with Gasteiger partial charge in [0.15, 0.2) is 11.6 Å². The monoisotopic (exact) mass is 789 g/mol. The first kappa shape index (κ1) is 40.1. The molecular formula is C43H47N15O. The van der Waals surface area contributed by atoms with E-state index in [-0.39, 0.29) is 5.78 Å². The average molecular weight is 790 g/mol. The summed E-state index contributed by atoms with van der Waals surface area (Å²) in [5.41, 5.74) is 14.7. The maximum Gasteiger partial charge on any atom is 0.154 e. The van der Waals surface area contributed by atoms with Gasteiger partial charge in [0.2, 0.25) is 0 Å². The van der Waals surface area contributed by atoms with Gasteiger partial charge in [-0.1, -0.05) is 27.7 Å². The summed E-state index contributed by atoms with van der Waals surface area (Å²) in [5.74, 6) is 3.65. The van der Waals surface area contributed by atoms with Gasteiger partial charge >= 0.3 is 0 Å². The van der Waals surface area contributed by atoms with Crippen molar-refractivity contribution in [3.8, 4) is 11.4 Å². The second kappa shape index (κ2) is 18.5. The largest absolute Gasteiger partial charge is 0.330 e. The molecule has 0 saturated heterocycles. The van der Waals surface area contributed by atoms with Gasteiger partial charge in [-0.05, 0) is 97.8 Å². The molecule has 0 aliphatic heterocycles. The minimum Gasteiger partial charge on any atom is -0.330 e. The van der Waals surface area contributed by atoms with Crippen molar-refractivity contribution in [1.82, 2.24) is 59.4 Å². The van der Waals surface area contributed by atoms with E-state index in [1.165, 1.54) is 0 Å². The molecule has 16 nitrogen and oxygen atoms in total. The molecule has 0 atom stereocenters. The number of nitrogens with zero attached hydrogens (tertiary/aromatic N) is 12. The van der Waals surface area contributed by atoms with Gasteiger partial charge < -0.3 is 30.3 Å². The zero-order chi connectivity index (χ0) is 41.3. The van der Waals surface area contributed by atoms with Crippen molar-refractivity contribution in [2.24, 2.45) is 5.73 Å².